The fourth-order valence-corrected chi connectivity index (χ4v) is 4.61. The molecule has 6 nitrogen and oxygen atoms in total. The fourth-order valence-electron chi connectivity index (χ4n) is 4.61. The number of likely N-dealkylation sites (tertiary alicyclic amines) is 2. The number of nitrogens with zero attached hydrogens (tertiary/aromatic N) is 3. The fraction of sp³-hybridized carbons (Fsp3) is 0.526. The summed E-state index contributed by atoms with van der Waals surface area (Å²) in [5.74, 6) is -0.534. The Hall–Kier alpha value is -2.21. The zero-order chi connectivity index (χ0) is 17.0. The average molecular weight is 339 g/mol. The molecule has 4 aliphatic heterocycles. The molecule has 0 N–H and O–H groups in total. The highest BCUT2D eigenvalue weighted by Crippen LogP contribution is 2.52. The molecule has 130 valence electrons. The lowest BCUT2D eigenvalue weighted by atomic mass is 9.76. The van der Waals surface area contributed by atoms with Crippen LogP contribution in [0.5, 0.6) is 0 Å². The summed E-state index contributed by atoms with van der Waals surface area (Å²) in [6.07, 6.45) is 9.15. The van der Waals surface area contributed by atoms with Gasteiger partial charge in [-0.15, -0.1) is 0 Å². The van der Waals surface area contributed by atoms with E-state index in [9.17, 15) is 9.59 Å². The summed E-state index contributed by atoms with van der Waals surface area (Å²) in [7, 11) is 0. The number of hydrogen-bond donors (Lipinski definition) is 0. The van der Waals surface area contributed by atoms with E-state index in [-0.39, 0.29) is 29.8 Å². The summed E-state index contributed by atoms with van der Waals surface area (Å²) < 4.78 is 6.16. The summed E-state index contributed by atoms with van der Waals surface area (Å²) in [5, 5.41) is 0. The van der Waals surface area contributed by atoms with Gasteiger partial charge in [0.1, 0.15) is 5.60 Å². The van der Waals surface area contributed by atoms with Crippen LogP contribution in [-0.2, 0) is 20.7 Å². The molecule has 5 rings (SSSR count). The summed E-state index contributed by atoms with van der Waals surface area (Å²) >= 11 is 0. The Morgan fingerprint density at radius 3 is 2.84 bits per heavy atom. The number of pyridine rings is 1. The van der Waals surface area contributed by atoms with Crippen molar-refractivity contribution < 1.29 is 14.3 Å². The minimum absolute atomic E-state index is 0.0692. The van der Waals surface area contributed by atoms with Crippen LogP contribution in [0.25, 0.3) is 0 Å². The Labute approximate surface area is 146 Å². The molecule has 2 bridgehead atoms. The normalized spacial score (nSPS) is 35.2. The third-order valence-electron chi connectivity index (χ3n) is 6.05. The van der Waals surface area contributed by atoms with E-state index in [1.54, 1.807) is 12.4 Å². The van der Waals surface area contributed by atoms with Crippen molar-refractivity contribution in [3.05, 3.63) is 42.2 Å². The number of carbonyl (C=O) groups excluding carboxylic acids is 2. The van der Waals surface area contributed by atoms with E-state index in [1.807, 2.05) is 34.1 Å². The number of fused-ring (bicyclic) bond motifs is 1. The van der Waals surface area contributed by atoms with E-state index < -0.39 is 5.60 Å². The zero-order valence-electron chi connectivity index (χ0n) is 14.0. The number of ether oxygens (including phenoxy) is 1. The minimum Gasteiger partial charge on any atom is -0.360 e. The Balaban J connectivity index is 1.35. The second kappa shape index (κ2) is 5.39. The van der Waals surface area contributed by atoms with Gasteiger partial charge in [0.2, 0.25) is 11.8 Å². The third-order valence-corrected chi connectivity index (χ3v) is 6.05. The summed E-state index contributed by atoms with van der Waals surface area (Å²) in [4.78, 5) is 33.6. The van der Waals surface area contributed by atoms with Crippen molar-refractivity contribution >= 4 is 11.8 Å². The first-order valence-corrected chi connectivity index (χ1v) is 9.02. The van der Waals surface area contributed by atoms with Gasteiger partial charge in [0.15, 0.2) is 0 Å². The first kappa shape index (κ1) is 15.1. The van der Waals surface area contributed by atoms with Crippen LogP contribution in [-0.4, -0.2) is 64.5 Å². The lowest BCUT2D eigenvalue weighted by molar-refractivity contribution is -0.145. The molecule has 1 aromatic rings. The number of rotatable bonds is 4. The van der Waals surface area contributed by atoms with Gasteiger partial charge in [-0.25, -0.2) is 0 Å². The van der Waals surface area contributed by atoms with Crippen LogP contribution in [0.2, 0.25) is 0 Å². The lowest BCUT2D eigenvalue weighted by Gasteiger charge is -2.35. The standard InChI is InChI=1S/C19H21N3O3/c23-17(21-9-1-10-21)15-14-2-6-19(25-14)12-22(18(24)16(15)19)11-5-13-3-7-20-8-4-13/h2-4,6-8,14-16H,1,5,9-12H2/t14-,15-,16-,19-/m0/s1. The van der Waals surface area contributed by atoms with E-state index in [2.05, 4.69) is 4.98 Å². The topological polar surface area (TPSA) is 62.7 Å². The van der Waals surface area contributed by atoms with E-state index in [4.69, 9.17) is 4.74 Å². The number of amides is 2. The predicted octanol–water partition coefficient (Wildman–Crippen LogP) is 0.638. The van der Waals surface area contributed by atoms with E-state index in [0.717, 1.165) is 31.5 Å². The van der Waals surface area contributed by atoms with E-state index >= 15 is 0 Å². The Morgan fingerprint density at radius 2 is 2.12 bits per heavy atom. The summed E-state index contributed by atoms with van der Waals surface area (Å²) in [6, 6.07) is 3.94. The van der Waals surface area contributed by atoms with Crippen LogP contribution >= 0.6 is 0 Å². The van der Waals surface area contributed by atoms with Crippen molar-refractivity contribution in [3.63, 3.8) is 0 Å². The number of hydrogen-bond acceptors (Lipinski definition) is 4. The molecule has 4 atom stereocenters. The highest BCUT2D eigenvalue weighted by atomic mass is 16.5. The van der Waals surface area contributed by atoms with Gasteiger partial charge < -0.3 is 14.5 Å². The second-order valence-corrected chi connectivity index (χ2v) is 7.44. The Kier molecular flexibility index (Phi) is 3.25. The van der Waals surface area contributed by atoms with Gasteiger partial charge in [-0.1, -0.05) is 12.2 Å². The van der Waals surface area contributed by atoms with Crippen LogP contribution in [0.4, 0.5) is 0 Å². The van der Waals surface area contributed by atoms with Gasteiger partial charge in [0, 0.05) is 32.0 Å². The van der Waals surface area contributed by atoms with Gasteiger partial charge in [0.25, 0.3) is 0 Å². The maximum atomic E-state index is 13.1. The first-order valence-electron chi connectivity index (χ1n) is 9.02. The van der Waals surface area contributed by atoms with E-state index in [1.165, 1.54) is 0 Å². The lowest BCUT2D eigenvalue weighted by Crippen LogP contribution is -2.50. The molecule has 5 heterocycles. The van der Waals surface area contributed by atoms with Crippen molar-refractivity contribution in [3.8, 4) is 0 Å². The molecule has 3 fully saturated rings. The Morgan fingerprint density at radius 1 is 1.32 bits per heavy atom. The smallest absolute Gasteiger partial charge is 0.230 e. The molecule has 25 heavy (non-hydrogen) atoms. The van der Waals surface area contributed by atoms with Crippen LogP contribution in [0, 0.1) is 11.8 Å². The minimum atomic E-state index is -0.592. The largest absolute Gasteiger partial charge is 0.360 e. The quantitative estimate of drug-likeness (QED) is 0.755. The molecule has 0 saturated carbocycles. The van der Waals surface area contributed by atoms with Crippen LogP contribution in [0.15, 0.2) is 36.7 Å². The number of carbonyl (C=O) groups is 2. The van der Waals surface area contributed by atoms with Gasteiger partial charge in [0.05, 0.1) is 24.5 Å². The molecule has 3 saturated heterocycles. The molecule has 4 aliphatic rings. The van der Waals surface area contributed by atoms with Crippen molar-refractivity contribution in [2.45, 2.75) is 24.5 Å². The number of aromatic nitrogens is 1. The van der Waals surface area contributed by atoms with E-state index in [0.29, 0.717) is 13.1 Å². The summed E-state index contributed by atoms with van der Waals surface area (Å²) in [6.45, 7) is 2.82. The summed E-state index contributed by atoms with van der Waals surface area (Å²) in [5.41, 5.74) is 0.567. The molecule has 1 aromatic heterocycles. The van der Waals surface area contributed by atoms with Gasteiger partial charge >= 0.3 is 0 Å². The van der Waals surface area contributed by atoms with Crippen LogP contribution in [0.1, 0.15) is 12.0 Å². The first-order chi connectivity index (χ1) is 12.2. The molecular formula is C19H21N3O3. The van der Waals surface area contributed by atoms with Crippen molar-refractivity contribution in [2.75, 3.05) is 26.2 Å². The maximum absolute atomic E-state index is 13.1. The SMILES string of the molecule is O=C([C@H]1[C@@H]2C=C[C@@]3(CN(CCc4ccncc4)C(=O)[C@H]13)O2)N1CCC1. The molecule has 0 unspecified atom stereocenters. The van der Waals surface area contributed by atoms with Crippen molar-refractivity contribution in [1.29, 1.82) is 0 Å². The van der Waals surface area contributed by atoms with Crippen molar-refractivity contribution in [1.82, 2.24) is 14.8 Å². The van der Waals surface area contributed by atoms with Gasteiger partial charge in [-0.3, -0.25) is 14.6 Å². The highest BCUT2D eigenvalue weighted by Gasteiger charge is 2.67. The molecular weight excluding hydrogens is 318 g/mol. The van der Waals surface area contributed by atoms with Gasteiger partial charge in [-0.2, -0.15) is 0 Å². The zero-order valence-corrected chi connectivity index (χ0v) is 14.0. The van der Waals surface area contributed by atoms with Gasteiger partial charge in [-0.05, 0) is 30.5 Å². The van der Waals surface area contributed by atoms with Crippen molar-refractivity contribution in [2.24, 2.45) is 11.8 Å². The molecule has 0 aromatic carbocycles. The van der Waals surface area contributed by atoms with Crippen LogP contribution in [0.3, 0.4) is 0 Å². The Bertz CT molecular complexity index is 746. The average Bonchev–Trinajstić information content (AvgIpc) is 3.21. The second-order valence-electron chi connectivity index (χ2n) is 7.44. The monoisotopic (exact) mass is 339 g/mol. The maximum Gasteiger partial charge on any atom is 0.230 e. The molecule has 6 heteroatoms. The molecule has 0 radical (unpaired) electrons. The third kappa shape index (κ3) is 2.16. The molecule has 0 aliphatic carbocycles. The van der Waals surface area contributed by atoms with Crippen LogP contribution < -0.4 is 0 Å². The predicted molar refractivity (Wildman–Crippen MR) is 89.4 cm³/mol. The molecule has 2 amide bonds. The highest BCUT2D eigenvalue weighted by molar-refractivity contribution is 5.93. The molecule has 1 spiro atoms.